The molecular formula is C28H29N3O6S. The SMILES string of the molecule is COc1ccc(C(=O)CCC(=O)N2CCC(c3nc(C(=O)NCc4ccc5c(c4)OCO5)cs3)CC2)cc1. The first-order chi connectivity index (χ1) is 18.5. The molecule has 0 aliphatic carbocycles. The van der Waals surface area contributed by atoms with Crippen molar-refractivity contribution in [2.24, 2.45) is 0 Å². The molecule has 0 bridgehead atoms. The molecule has 0 atom stereocenters. The van der Waals surface area contributed by atoms with E-state index in [-0.39, 0.29) is 43.2 Å². The van der Waals surface area contributed by atoms with Gasteiger partial charge in [0.05, 0.1) is 12.1 Å². The lowest BCUT2D eigenvalue weighted by molar-refractivity contribution is -0.132. The normalized spacial score (nSPS) is 14.8. The number of hydrogen-bond acceptors (Lipinski definition) is 8. The van der Waals surface area contributed by atoms with E-state index >= 15 is 0 Å². The molecule has 2 amide bonds. The third-order valence-corrected chi connectivity index (χ3v) is 7.83. The molecule has 0 unspecified atom stereocenters. The first kappa shape index (κ1) is 25.7. The fraction of sp³-hybridized carbons (Fsp3) is 0.357. The van der Waals surface area contributed by atoms with E-state index in [2.05, 4.69) is 10.3 Å². The Bertz CT molecular complexity index is 1310. The summed E-state index contributed by atoms with van der Waals surface area (Å²) < 4.78 is 15.8. The lowest BCUT2D eigenvalue weighted by Crippen LogP contribution is -2.38. The second-order valence-corrected chi connectivity index (χ2v) is 10.1. The smallest absolute Gasteiger partial charge is 0.271 e. The first-order valence-electron chi connectivity index (χ1n) is 12.6. The lowest BCUT2D eigenvalue weighted by atomic mass is 9.97. The van der Waals surface area contributed by atoms with Crippen LogP contribution < -0.4 is 19.5 Å². The molecule has 1 aromatic heterocycles. The van der Waals surface area contributed by atoms with E-state index in [0.717, 1.165) is 23.4 Å². The zero-order valence-electron chi connectivity index (χ0n) is 21.1. The molecule has 3 heterocycles. The van der Waals surface area contributed by atoms with E-state index in [4.69, 9.17) is 14.2 Å². The molecular weight excluding hydrogens is 506 g/mol. The van der Waals surface area contributed by atoms with E-state index in [9.17, 15) is 14.4 Å². The lowest BCUT2D eigenvalue weighted by Gasteiger charge is -2.31. The highest BCUT2D eigenvalue weighted by Gasteiger charge is 2.26. The van der Waals surface area contributed by atoms with Gasteiger partial charge in [-0.15, -0.1) is 11.3 Å². The fourth-order valence-corrected chi connectivity index (χ4v) is 5.55. The number of carbonyl (C=O) groups is 3. The van der Waals surface area contributed by atoms with Crippen LogP contribution in [0.25, 0.3) is 0 Å². The van der Waals surface area contributed by atoms with Crippen LogP contribution in [0.1, 0.15) is 63.0 Å². The number of hydrogen-bond donors (Lipinski definition) is 1. The number of Topliss-reactive ketones (excluding diaryl/α,β-unsaturated/α-hetero) is 1. The van der Waals surface area contributed by atoms with Crippen LogP contribution in [0.2, 0.25) is 0 Å². The Kier molecular flexibility index (Phi) is 7.88. The molecule has 2 aromatic carbocycles. The largest absolute Gasteiger partial charge is 0.497 e. The number of fused-ring (bicyclic) bond motifs is 1. The number of likely N-dealkylation sites (tertiary alicyclic amines) is 1. The maximum atomic E-state index is 12.7. The van der Waals surface area contributed by atoms with Crippen LogP contribution >= 0.6 is 11.3 Å². The van der Waals surface area contributed by atoms with Crippen molar-refractivity contribution in [3.63, 3.8) is 0 Å². The molecule has 1 N–H and O–H groups in total. The third kappa shape index (κ3) is 5.96. The van der Waals surface area contributed by atoms with Gasteiger partial charge in [0.1, 0.15) is 11.4 Å². The van der Waals surface area contributed by atoms with Crippen LogP contribution in [0.3, 0.4) is 0 Å². The van der Waals surface area contributed by atoms with Gasteiger partial charge in [-0.2, -0.15) is 0 Å². The van der Waals surface area contributed by atoms with Crippen LogP contribution in [0.5, 0.6) is 17.2 Å². The van der Waals surface area contributed by atoms with Crippen LogP contribution in [0.15, 0.2) is 47.8 Å². The summed E-state index contributed by atoms with van der Waals surface area (Å²) >= 11 is 1.48. The number of thiazole rings is 1. The number of carbonyl (C=O) groups excluding carboxylic acids is 3. The number of piperidine rings is 1. The molecule has 0 spiro atoms. The number of ether oxygens (including phenoxy) is 3. The summed E-state index contributed by atoms with van der Waals surface area (Å²) in [5.74, 6) is 2.01. The molecule has 38 heavy (non-hydrogen) atoms. The molecule has 5 rings (SSSR count). The standard InChI is InChI=1S/C28H29N3O6S/c1-35-21-5-3-19(4-6-21)23(32)7-9-26(33)31-12-10-20(11-13-31)28-30-22(16-38-28)27(34)29-15-18-2-8-24-25(14-18)37-17-36-24/h2-6,8,14,16,20H,7,9-13,15,17H2,1H3,(H,29,34). The summed E-state index contributed by atoms with van der Waals surface area (Å²) in [6, 6.07) is 12.5. The zero-order chi connectivity index (χ0) is 26.5. The predicted octanol–water partition coefficient (Wildman–Crippen LogP) is 4.18. The van der Waals surface area contributed by atoms with E-state index in [0.29, 0.717) is 48.1 Å². The van der Waals surface area contributed by atoms with E-state index in [1.54, 1.807) is 36.8 Å². The summed E-state index contributed by atoms with van der Waals surface area (Å²) in [6.07, 6.45) is 1.94. The van der Waals surface area contributed by atoms with Crippen molar-refractivity contribution in [3.8, 4) is 17.2 Å². The second-order valence-electron chi connectivity index (χ2n) is 9.25. The van der Waals surface area contributed by atoms with E-state index in [1.165, 1.54) is 11.3 Å². The Morgan fingerprint density at radius 1 is 1.05 bits per heavy atom. The molecule has 0 radical (unpaired) electrons. The number of amides is 2. The zero-order valence-corrected chi connectivity index (χ0v) is 21.9. The van der Waals surface area contributed by atoms with Gasteiger partial charge in [-0.05, 0) is 54.8 Å². The summed E-state index contributed by atoms with van der Waals surface area (Å²) in [4.78, 5) is 44.2. The maximum absolute atomic E-state index is 12.7. The van der Waals surface area contributed by atoms with Crippen molar-refractivity contribution in [2.45, 2.75) is 38.1 Å². The molecule has 2 aliphatic heterocycles. The highest BCUT2D eigenvalue weighted by Crippen LogP contribution is 2.33. The molecule has 3 aromatic rings. The van der Waals surface area contributed by atoms with Gasteiger partial charge in [0, 0.05) is 49.3 Å². The third-order valence-electron chi connectivity index (χ3n) is 6.82. The minimum atomic E-state index is -0.223. The second kappa shape index (κ2) is 11.6. The summed E-state index contributed by atoms with van der Waals surface area (Å²) in [5, 5.41) is 5.61. The summed E-state index contributed by atoms with van der Waals surface area (Å²) in [5.41, 5.74) is 1.90. The van der Waals surface area contributed by atoms with Gasteiger partial charge in [0.15, 0.2) is 17.3 Å². The molecule has 10 heteroatoms. The highest BCUT2D eigenvalue weighted by molar-refractivity contribution is 7.09. The maximum Gasteiger partial charge on any atom is 0.271 e. The van der Waals surface area contributed by atoms with Gasteiger partial charge >= 0.3 is 0 Å². The van der Waals surface area contributed by atoms with Crippen molar-refractivity contribution in [1.82, 2.24) is 15.2 Å². The van der Waals surface area contributed by atoms with Gasteiger partial charge < -0.3 is 24.4 Å². The number of methoxy groups -OCH3 is 1. The Labute approximate surface area is 224 Å². The molecule has 198 valence electrons. The molecule has 9 nitrogen and oxygen atoms in total. The molecule has 0 saturated carbocycles. The van der Waals surface area contributed by atoms with Crippen LogP contribution in [0, 0.1) is 0 Å². The molecule has 1 fully saturated rings. The van der Waals surface area contributed by atoms with Gasteiger partial charge in [-0.25, -0.2) is 4.98 Å². The average molecular weight is 536 g/mol. The van der Waals surface area contributed by atoms with Gasteiger partial charge in [0.2, 0.25) is 12.7 Å². The quantitative estimate of drug-likeness (QED) is 0.410. The van der Waals surface area contributed by atoms with Crippen LogP contribution in [-0.4, -0.2) is 54.5 Å². The van der Waals surface area contributed by atoms with Crippen molar-refractivity contribution in [3.05, 3.63) is 69.7 Å². The van der Waals surface area contributed by atoms with Gasteiger partial charge in [-0.3, -0.25) is 14.4 Å². The number of benzene rings is 2. The first-order valence-corrected chi connectivity index (χ1v) is 13.5. The Morgan fingerprint density at radius 2 is 1.82 bits per heavy atom. The number of rotatable bonds is 9. The average Bonchev–Trinajstić information content (AvgIpc) is 3.64. The topological polar surface area (TPSA) is 107 Å². The Balaban J connectivity index is 1.06. The monoisotopic (exact) mass is 535 g/mol. The van der Waals surface area contributed by atoms with E-state index < -0.39 is 0 Å². The number of nitrogens with one attached hydrogen (secondary N) is 1. The number of nitrogens with zero attached hydrogens (tertiary/aromatic N) is 2. The molecule has 1 saturated heterocycles. The van der Waals surface area contributed by atoms with Crippen LogP contribution in [0.4, 0.5) is 0 Å². The van der Waals surface area contributed by atoms with E-state index in [1.807, 2.05) is 23.1 Å². The summed E-state index contributed by atoms with van der Waals surface area (Å²) in [6.45, 7) is 1.81. The Hall–Kier alpha value is -3.92. The predicted molar refractivity (Wildman–Crippen MR) is 141 cm³/mol. The van der Waals surface area contributed by atoms with Crippen molar-refractivity contribution < 1.29 is 28.6 Å². The number of aromatic nitrogens is 1. The molecule has 2 aliphatic rings. The minimum absolute atomic E-state index is 0.00645. The van der Waals surface area contributed by atoms with Crippen molar-refractivity contribution in [1.29, 1.82) is 0 Å². The van der Waals surface area contributed by atoms with Crippen molar-refractivity contribution in [2.75, 3.05) is 27.0 Å². The summed E-state index contributed by atoms with van der Waals surface area (Å²) in [7, 11) is 1.58. The Morgan fingerprint density at radius 3 is 2.58 bits per heavy atom. The van der Waals surface area contributed by atoms with Crippen LogP contribution in [-0.2, 0) is 11.3 Å². The highest BCUT2D eigenvalue weighted by atomic mass is 32.1. The van der Waals surface area contributed by atoms with Crippen molar-refractivity contribution >= 4 is 28.9 Å². The number of ketones is 1. The fourth-order valence-electron chi connectivity index (χ4n) is 4.58. The van der Waals surface area contributed by atoms with Gasteiger partial charge in [0.25, 0.3) is 5.91 Å². The van der Waals surface area contributed by atoms with Gasteiger partial charge in [-0.1, -0.05) is 6.07 Å². The minimum Gasteiger partial charge on any atom is -0.497 e.